The lowest BCUT2D eigenvalue weighted by molar-refractivity contribution is 0.0741. The normalized spacial score (nSPS) is 18.8. The molecule has 0 radical (unpaired) electrons. The topological polar surface area (TPSA) is 63.1 Å². The Morgan fingerprint density at radius 2 is 2.09 bits per heavy atom. The van der Waals surface area contributed by atoms with Crippen LogP contribution in [0.4, 0.5) is 0 Å². The third-order valence-corrected chi connectivity index (χ3v) is 4.37. The number of carbonyl (C=O) groups excluding carboxylic acids is 1. The molecule has 0 unspecified atom stereocenters. The first kappa shape index (κ1) is 17.2. The average Bonchev–Trinajstić information content (AvgIpc) is 3.20. The Bertz CT molecular complexity index is 482. The van der Waals surface area contributed by atoms with E-state index in [1.54, 1.807) is 0 Å². The van der Waals surface area contributed by atoms with E-state index in [1.165, 1.54) is 12.8 Å². The van der Waals surface area contributed by atoms with Gasteiger partial charge in [0.2, 0.25) is 0 Å². The van der Waals surface area contributed by atoms with Gasteiger partial charge in [0.15, 0.2) is 5.69 Å². The van der Waals surface area contributed by atoms with E-state index in [4.69, 9.17) is 0 Å². The number of rotatable bonds is 6. The SMILES string of the molecule is CCCN(CC1CC1)C(=O)c1cn(C2CCNCC2)nn1.Cl. The quantitative estimate of drug-likeness (QED) is 0.866. The van der Waals surface area contributed by atoms with Gasteiger partial charge in [-0.05, 0) is 51.1 Å². The second-order valence-corrected chi connectivity index (χ2v) is 6.26. The summed E-state index contributed by atoms with van der Waals surface area (Å²) in [6, 6.07) is 0.378. The van der Waals surface area contributed by atoms with Gasteiger partial charge in [0.05, 0.1) is 12.2 Å². The fourth-order valence-electron chi connectivity index (χ4n) is 2.94. The Morgan fingerprint density at radius 3 is 2.73 bits per heavy atom. The van der Waals surface area contributed by atoms with Crippen molar-refractivity contribution >= 4 is 18.3 Å². The minimum Gasteiger partial charge on any atom is -0.337 e. The monoisotopic (exact) mass is 327 g/mol. The first-order valence-electron chi connectivity index (χ1n) is 8.19. The van der Waals surface area contributed by atoms with Crippen LogP contribution in [0.25, 0.3) is 0 Å². The van der Waals surface area contributed by atoms with Gasteiger partial charge in [-0.25, -0.2) is 4.68 Å². The highest BCUT2D eigenvalue weighted by Gasteiger charge is 2.28. The van der Waals surface area contributed by atoms with Gasteiger partial charge in [0, 0.05) is 13.1 Å². The van der Waals surface area contributed by atoms with Crippen LogP contribution in [-0.4, -0.2) is 52.0 Å². The summed E-state index contributed by atoms with van der Waals surface area (Å²) in [5.74, 6) is 0.754. The van der Waals surface area contributed by atoms with Gasteiger partial charge in [-0.3, -0.25) is 4.79 Å². The molecule has 0 aromatic carbocycles. The number of aromatic nitrogens is 3. The van der Waals surface area contributed by atoms with Gasteiger partial charge in [-0.1, -0.05) is 12.1 Å². The van der Waals surface area contributed by atoms with Gasteiger partial charge in [-0.15, -0.1) is 17.5 Å². The van der Waals surface area contributed by atoms with Crippen LogP contribution in [0.1, 0.15) is 55.6 Å². The number of nitrogens with one attached hydrogen (secondary N) is 1. The third-order valence-electron chi connectivity index (χ3n) is 4.37. The van der Waals surface area contributed by atoms with Crippen molar-refractivity contribution in [2.75, 3.05) is 26.2 Å². The average molecular weight is 328 g/mol. The highest BCUT2D eigenvalue weighted by Crippen LogP contribution is 2.30. The van der Waals surface area contributed by atoms with E-state index in [9.17, 15) is 4.79 Å². The molecule has 2 fully saturated rings. The van der Waals surface area contributed by atoms with Crippen molar-refractivity contribution in [1.29, 1.82) is 0 Å². The zero-order valence-electron chi connectivity index (χ0n) is 13.2. The van der Waals surface area contributed by atoms with Crippen LogP contribution in [0.3, 0.4) is 0 Å². The standard InChI is InChI=1S/C15H25N5O.ClH/c1-2-9-19(10-12-3-4-12)15(21)14-11-20(18-17-14)13-5-7-16-8-6-13;/h11-13,16H,2-10H2,1H3;1H. The largest absolute Gasteiger partial charge is 0.337 e. The van der Waals surface area contributed by atoms with E-state index in [0.717, 1.165) is 45.4 Å². The van der Waals surface area contributed by atoms with Crippen LogP contribution in [0.15, 0.2) is 6.20 Å². The van der Waals surface area contributed by atoms with Crippen LogP contribution < -0.4 is 5.32 Å². The predicted octanol–water partition coefficient (Wildman–Crippen LogP) is 1.89. The number of hydrogen-bond donors (Lipinski definition) is 1. The van der Waals surface area contributed by atoms with Crippen LogP contribution >= 0.6 is 12.4 Å². The molecule has 1 aliphatic carbocycles. The van der Waals surface area contributed by atoms with Gasteiger partial charge in [-0.2, -0.15) is 0 Å². The molecular weight excluding hydrogens is 302 g/mol. The Hall–Kier alpha value is -1.14. The van der Waals surface area contributed by atoms with Crippen molar-refractivity contribution in [3.63, 3.8) is 0 Å². The van der Waals surface area contributed by atoms with Crippen molar-refractivity contribution in [2.24, 2.45) is 5.92 Å². The smallest absolute Gasteiger partial charge is 0.276 e. The molecule has 6 nitrogen and oxygen atoms in total. The summed E-state index contributed by atoms with van der Waals surface area (Å²) < 4.78 is 1.88. The molecule has 1 saturated heterocycles. The molecular formula is C15H26ClN5O. The van der Waals surface area contributed by atoms with Crippen molar-refractivity contribution in [3.05, 3.63) is 11.9 Å². The molecule has 0 atom stereocenters. The number of halogens is 1. The second-order valence-electron chi connectivity index (χ2n) is 6.26. The van der Waals surface area contributed by atoms with Gasteiger partial charge in [0.1, 0.15) is 0 Å². The summed E-state index contributed by atoms with van der Waals surface area (Å²) in [6.07, 6.45) is 7.45. The van der Waals surface area contributed by atoms with Crippen LogP contribution in [0.5, 0.6) is 0 Å². The summed E-state index contributed by atoms with van der Waals surface area (Å²) in [5, 5.41) is 11.7. The van der Waals surface area contributed by atoms with E-state index < -0.39 is 0 Å². The zero-order chi connectivity index (χ0) is 14.7. The molecule has 124 valence electrons. The highest BCUT2D eigenvalue weighted by molar-refractivity contribution is 5.91. The van der Waals surface area contributed by atoms with Crippen molar-refractivity contribution in [1.82, 2.24) is 25.2 Å². The second kappa shape index (κ2) is 7.92. The van der Waals surface area contributed by atoms with Crippen molar-refractivity contribution in [2.45, 2.75) is 45.1 Å². The Morgan fingerprint density at radius 1 is 1.36 bits per heavy atom. The molecule has 1 N–H and O–H groups in total. The molecule has 1 amide bonds. The maximum Gasteiger partial charge on any atom is 0.276 e. The lowest BCUT2D eigenvalue weighted by atomic mass is 10.1. The number of piperidine rings is 1. The predicted molar refractivity (Wildman–Crippen MR) is 87.3 cm³/mol. The molecule has 1 aromatic heterocycles. The lowest BCUT2D eigenvalue weighted by Crippen LogP contribution is -2.34. The van der Waals surface area contributed by atoms with Crippen molar-refractivity contribution in [3.8, 4) is 0 Å². The summed E-state index contributed by atoms with van der Waals surface area (Å²) in [6.45, 7) is 5.83. The maximum absolute atomic E-state index is 12.6. The molecule has 7 heteroatoms. The fraction of sp³-hybridized carbons (Fsp3) is 0.800. The summed E-state index contributed by atoms with van der Waals surface area (Å²) in [5.41, 5.74) is 0.502. The maximum atomic E-state index is 12.6. The first-order valence-corrected chi connectivity index (χ1v) is 8.19. The van der Waals surface area contributed by atoms with Gasteiger partial charge < -0.3 is 10.2 Å². The first-order chi connectivity index (χ1) is 10.3. The highest BCUT2D eigenvalue weighted by atomic mass is 35.5. The van der Waals surface area contributed by atoms with E-state index in [0.29, 0.717) is 17.7 Å². The fourth-order valence-corrected chi connectivity index (χ4v) is 2.94. The number of amides is 1. The number of carbonyl (C=O) groups is 1. The van der Waals surface area contributed by atoms with Gasteiger partial charge in [0.25, 0.3) is 5.91 Å². The molecule has 0 spiro atoms. The van der Waals surface area contributed by atoms with Crippen molar-refractivity contribution < 1.29 is 4.79 Å². The van der Waals surface area contributed by atoms with E-state index in [-0.39, 0.29) is 18.3 Å². The van der Waals surface area contributed by atoms with E-state index in [1.807, 2.05) is 15.8 Å². The molecule has 2 heterocycles. The number of hydrogen-bond acceptors (Lipinski definition) is 4. The van der Waals surface area contributed by atoms with Crippen LogP contribution in [0, 0.1) is 5.92 Å². The summed E-state index contributed by atoms with van der Waals surface area (Å²) >= 11 is 0. The Kier molecular flexibility index (Phi) is 6.20. The molecule has 2 aliphatic rings. The molecule has 22 heavy (non-hydrogen) atoms. The van der Waals surface area contributed by atoms with Crippen LogP contribution in [0.2, 0.25) is 0 Å². The molecule has 1 aromatic rings. The Balaban J connectivity index is 0.00000176. The minimum absolute atomic E-state index is 0. The van der Waals surface area contributed by atoms with E-state index in [2.05, 4.69) is 22.6 Å². The Labute approximate surface area is 138 Å². The summed E-state index contributed by atoms with van der Waals surface area (Å²) in [4.78, 5) is 14.5. The molecule has 1 aliphatic heterocycles. The van der Waals surface area contributed by atoms with Gasteiger partial charge >= 0.3 is 0 Å². The third kappa shape index (κ3) is 4.20. The zero-order valence-corrected chi connectivity index (χ0v) is 14.0. The lowest BCUT2D eigenvalue weighted by Gasteiger charge is -2.22. The molecule has 1 saturated carbocycles. The molecule has 3 rings (SSSR count). The molecule has 0 bridgehead atoms. The summed E-state index contributed by atoms with van der Waals surface area (Å²) in [7, 11) is 0. The minimum atomic E-state index is 0. The number of nitrogens with zero attached hydrogens (tertiary/aromatic N) is 4. The van der Waals surface area contributed by atoms with Crippen LogP contribution in [-0.2, 0) is 0 Å². The van der Waals surface area contributed by atoms with E-state index >= 15 is 0 Å².